The van der Waals surface area contributed by atoms with E-state index in [1.54, 1.807) is 6.07 Å². The molecule has 0 spiro atoms. The molecule has 0 fully saturated rings. The van der Waals surface area contributed by atoms with Crippen LogP contribution in [-0.2, 0) is 6.54 Å². The van der Waals surface area contributed by atoms with Crippen molar-refractivity contribution >= 4 is 40.9 Å². The van der Waals surface area contributed by atoms with Gasteiger partial charge in [-0.05, 0) is 34.9 Å². The van der Waals surface area contributed by atoms with Crippen molar-refractivity contribution in [3.8, 4) is 0 Å². The lowest BCUT2D eigenvalue weighted by atomic mass is 10.1. The number of benzene rings is 1. The van der Waals surface area contributed by atoms with Gasteiger partial charge in [0.15, 0.2) is 0 Å². The summed E-state index contributed by atoms with van der Waals surface area (Å²) in [7, 11) is 0. The first kappa shape index (κ1) is 11.4. The molecule has 1 N–H and O–H groups in total. The molecule has 4 nitrogen and oxygen atoms in total. The molecule has 0 atom stereocenters. The van der Waals surface area contributed by atoms with E-state index in [2.05, 4.69) is 20.3 Å². The molecule has 1 aromatic carbocycles. The fourth-order valence-corrected chi connectivity index (χ4v) is 2.19. The van der Waals surface area contributed by atoms with E-state index in [0.717, 1.165) is 17.8 Å². The molecule has 0 unspecified atom stereocenters. The van der Waals surface area contributed by atoms with Crippen molar-refractivity contribution in [1.29, 1.82) is 0 Å². The second-order valence-electron chi connectivity index (χ2n) is 3.85. The van der Waals surface area contributed by atoms with Crippen molar-refractivity contribution < 1.29 is 0 Å². The van der Waals surface area contributed by atoms with Gasteiger partial charge in [-0.3, -0.25) is 4.99 Å². The van der Waals surface area contributed by atoms with Gasteiger partial charge in [0.25, 0.3) is 0 Å². The Kier molecular flexibility index (Phi) is 2.89. The summed E-state index contributed by atoms with van der Waals surface area (Å²) in [5.74, 6) is 0.565. The topological polar surface area (TPSA) is 50.2 Å². The second kappa shape index (κ2) is 4.55. The average Bonchev–Trinajstić information content (AvgIpc) is 2.74. The predicted molar refractivity (Wildman–Crippen MR) is 73.1 cm³/mol. The molecule has 1 aliphatic rings. The highest BCUT2D eigenvalue weighted by molar-refractivity contribution is 6.32. The Morgan fingerprint density at radius 1 is 1.11 bits per heavy atom. The van der Waals surface area contributed by atoms with Crippen LogP contribution >= 0.6 is 23.2 Å². The van der Waals surface area contributed by atoms with Gasteiger partial charge >= 0.3 is 0 Å². The summed E-state index contributed by atoms with van der Waals surface area (Å²) >= 11 is 11.6. The third-order valence-corrected chi connectivity index (χ3v) is 2.94. The Morgan fingerprint density at radius 2 is 2.00 bits per heavy atom. The first-order chi connectivity index (χ1) is 8.70. The Hall–Kier alpha value is -1.65. The summed E-state index contributed by atoms with van der Waals surface area (Å²) < 4.78 is 0. The van der Waals surface area contributed by atoms with Gasteiger partial charge in [0.05, 0.1) is 6.54 Å². The third-order valence-electron chi connectivity index (χ3n) is 2.58. The number of anilines is 2. The fourth-order valence-electron chi connectivity index (χ4n) is 1.78. The number of nitrogens with zero attached hydrogens (tertiary/aromatic N) is 3. The Labute approximate surface area is 114 Å². The Balaban J connectivity index is 1.90. The molecule has 0 saturated carbocycles. The molecule has 0 saturated heterocycles. The van der Waals surface area contributed by atoms with Gasteiger partial charge in [-0.15, -0.1) is 0 Å². The van der Waals surface area contributed by atoms with Crippen LogP contribution in [0.15, 0.2) is 29.3 Å². The number of fused-ring (bicyclic) bond motifs is 1. The summed E-state index contributed by atoms with van der Waals surface area (Å²) in [4.78, 5) is 12.0. The van der Waals surface area contributed by atoms with Crippen LogP contribution in [0.1, 0.15) is 11.1 Å². The largest absolute Gasteiger partial charge is 0.340 e. The number of aromatic nitrogens is 2. The molecule has 2 aromatic rings. The van der Waals surface area contributed by atoms with E-state index in [4.69, 9.17) is 23.2 Å². The molecule has 0 amide bonds. The number of hydrogen-bond donors (Lipinski definition) is 1. The maximum Gasteiger partial charge on any atom is 0.225 e. The highest BCUT2D eigenvalue weighted by atomic mass is 35.5. The highest BCUT2D eigenvalue weighted by Gasteiger charge is 2.07. The number of halogens is 2. The summed E-state index contributed by atoms with van der Waals surface area (Å²) in [6.07, 6.45) is 1.86. The SMILES string of the molecule is Clc1cc(Nc2ccc3c(c2)C=NC3)nc(Cl)n1. The van der Waals surface area contributed by atoms with Crippen LogP contribution in [0.25, 0.3) is 0 Å². The molecule has 0 radical (unpaired) electrons. The van der Waals surface area contributed by atoms with Crippen LogP contribution in [-0.4, -0.2) is 16.2 Å². The molecule has 1 aromatic heterocycles. The lowest BCUT2D eigenvalue weighted by Crippen LogP contribution is -1.96. The fraction of sp³-hybridized carbons (Fsp3) is 0.0833. The molecule has 90 valence electrons. The average molecular weight is 279 g/mol. The normalized spacial score (nSPS) is 12.6. The lowest BCUT2D eigenvalue weighted by Gasteiger charge is -2.07. The van der Waals surface area contributed by atoms with Crippen molar-refractivity contribution in [3.63, 3.8) is 0 Å². The first-order valence-electron chi connectivity index (χ1n) is 5.30. The van der Waals surface area contributed by atoms with E-state index in [-0.39, 0.29) is 5.28 Å². The molecular weight excluding hydrogens is 271 g/mol. The van der Waals surface area contributed by atoms with E-state index in [1.165, 1.54) is 5.56 Å². The second-order valence-corrected chi connectivity index (χ2v) is 4.58. The maximum atomic E-state index is 5.81. The summed E-state index contributed by atoms with van der Waals surface area (Å²) in [6, 6.07) is 7.64. The van der Waals surface area contributed by atoms with Crippen molar-refractivity contribution in [2.45, 2.75) is 6.54 Å². The summed E-state index contributed by atoms with van der Waals surface area (Å²) in [6.45, 7) is 0.751. The van der Waals surface area contributed by atoms with E-state index in [9.17, 15) is 0 Å². The van der Waals surface area contributed by atoms with Gasteiger partial charge in [-0.1, -0.05) is 17.7 Å². The molecule has 3 rings (SSSR count). The zero-order valence-electron chi connectivity index (χ0n) is 9.19. The Morgan fingerprint density at radius 3 is 2.83 bits per heavy atom. The smallest absolute Gasteiger partial charge is 0.225 e. The van der Waals surface area contributed by atoms with E-state index in [1.807, 2.05) is 24.4 Å². The van der Waals surface area contributed by atoms with Crippen LogP contribution in [0.3, 0.4) is 0 Å². The first-order valence-corrected chi connectivity index (χ1v) is 6.06. The van der Waals surface area contributed by atoms with Crippen LogP contribution in [0.2, 0.25) is 10.4 Å². The predicted octanol–water partition coefficient (Wildman–Crippen LogP) is 3.46. The van der Waals surface area contributed by atoms with Gasteiger partial charge < -0.3 is 5.32 Å². The van der Waals surface area contributed by atoms with Crippen molar-refractivity contribution in [2.75, 3.05) is 5.32 Å². The highest BCUT2D eigenvalue weighted by Crippen LogP contribution is 2.23. The van der Waals surface area contributed by atoms with Crippen molar-refractivity contribution in [3.05, 3.63) is 45.8 Å². The van der Waals surface area contributed by atoms with E-state index >= 15 is 0 Å². The van der Waals surface area contributed by atoms with E-state index in [0.29, 0.717) is 11.0 Å². The minimum Gasteiger partial charge on any atom is -0.340 e. The zero-order chi connectivity index (χ0) is 12.5. The minimum absolute atomic E-state index is 0.118. The Bertz CT molecular complexity index is 620. The van der Waals surface area contributed by atoms with Crippen LogP contribution < -0.4 is 5.32 Å². The number of hydrogen-bond acceptors (Lipinski definition) is 4. The van der Waals surface area contributed by atoms with Gasteiger partial charge in [-0.25, -0.2) is 9.97 Å². The molecule has 2 heterocycles. The maximum absolute atomic E-state index is 5.81. The minimum atomic E-state index is 0.118. The third kappa shape index (κ3) is 2.30. The number of rotatable bonds is 2. The van der Waals surface area contributed by atoms with Crippen molar-refractivity contribution in [1.82, 2.24) is 9.97 Å². The lowest BCUT2D eigenvalue weighted by molar-refractivity contribution is 1.11. The van der Waals surface area contributed by atoms with Crippen molar-refractivity contribution in [2.24, 2.45) is 4.99 Å². The van der Waals surface area contributed by atoms with Crippen LogP contribution in [0, 0.1) is 0 Å². The standard InChI is InChI=1S/C12H8Cl2N4/c13-10-4-11(18-12(14)17-10)16-9-2-1-7-5-15-6-8(7)3-9/h1-4,6H,5H2,(H,16,17,18). The van der Waals surface area contributed by atoms with Gasteiger partial charge in [0, 0.05) is 18.0 Å². The van der Waals surface area contributed by atoms with Gasteiger partial charge in [0.1, 0.15) is 11.0 Å². The summed E-state index contributed by atoms with van der Waals surface area (Å²) in [5, 5.41) is 3.56. The zero-order valence-corrected chi connectivity index (χ0v) is 10.7. The molecule has 0 bridgehead atoms. The monoisotopic (exact) mass is 278 g/mol. The molecule has 1 aliphatic heterocycles. The quantitative estimate of drug-likeness (QED) is 0.676. The molecule has 6 heteroatoms. The van der Waals surface area contributed by atoms with Gasteiger partial charge in [-0.2, -0.15) is 0 Å². The molecule has 18 heavy (non-hydrogen) atoms. The van der Waals surface area contributed by atoms with Crippen LogP contribution in [0.5, 0.6) is 0 Å². The van der Waals surface area contributed by atoms with Gasteiger partial charge in [0.2, 0.25) is 5.28 Å². The summed E-state index contributed by atoms with van der Waals surface area (Å²) in [5.41, 5.74) is 3.25. The molecular formula is C12H8Cl2N4. The molecule has 0 aliphatic carbocycles. The number of aliphatic imine (C=N–C) groups is 1. The van der Waals surface area contributed by atoms with E-state index < -0.39 is 0 Å². The number of nitrogens with one attached hydrogen (secondary N) is 1. The van der Waals surface area contributed by atoms with Crippen LogP contribution in [0.4, 0.5) is 11.5 Å².